The molecule has 0 aromatic carbocycles. The quantitative estimate of drug-likeness (QED) is 0.346. The predicted molar refractivity (Wildman–Crippen MR) is 40.6 cm³/mol. The van der Waals surface area contributed by atoms with Gasteiger partial charge in [-0.1, -0.05) is 0 Å². The number of rotatable bonds is 4. The Labute approximate surface area is 69.0 Å². The minimum absolute atomic E-state index is 0.242. The second-order valence-electron chi connectivity index (χ2n) is 1.89. The summed E-state index contributed by atoms with van der Waals surface area (Å²) in [6, 6.07) is 0. The molecule has 8 heteroatoms. The van der Waals surface area contributed by atoms with E-state index in [-0.39, 0.29) is 12.7 Å². The van der Waals surface area contributed by atoms with Gasteiger partial charge in [0.2, 0.25) is 0 Å². The van der Waals surface area contributed by atoms with Crippen molar-refractivity contribution >= 4 is 10.1 Å². The van der Waals surface area contributed by atoms with Gasteiger partial charge in [-0.05, 0) is 7.05 Å². The molecule has 0 rings (SSSR count). The van der Waals surface area contributed by atoms with Crippen molar-refractivity contribution < 1.29 is 17.9 Å². The first-order valence-electron chi connectivity index (χ1n) is 2.84. The predicted octanol–water partition coefficient (Wildman–Crippen LogP) is -0.788. The van der Waals surface area contributed by atoms with Crippen LogP contribution in [-0.2, 0) is 10.1 Å². The van der Waals surface area contributed by atoms with Crippen LogP contribution in [0.25, 0.3) is 0 Å². The summed E-state index contributed by atoms with van der Waals surface area (Å²) in [5.74, 6) is 0. The molecular formula is C4H8N2O5S. The van der Waals surface area contributed by atoms with Crippen LogP contribution in [0.15, 0.2) is 11.1 Å². The molecule has 0 saturated heterocycles. The standard InChI is InChI=1S/C4H8N2O5S/c1-5-2-4(3-6(7)8)12(9,10)11/h3,5H,2H2,1H3,(H,9,10,11). The highest BCUT2D eigenvalue weighted by Gasteiger charge is 2.16. The van der Waals surface area contributed by atoms with E-state index in [2.05, 4.69) is 5.32 Å². The van der Waals surface area contributed by atoms with Gasteiger partial charge in [0.25, 0.3) is 16.3 Å². The van der Waals surface area contributed by atoms with E-state index in [4.69, 9.17) is 4.55 Å². The maximum atomic E-state index is 10.4. The molecule has 70 valence electrons. The molecule has 7 nitrogen and oxygen atoms in total. The Bertz CT molecular complexity index is 293. The van der Waals surface area contributed by atoms with Gasteiger partial charge in [0, 0.05) is 6.54 Å². The fraction of sp³-hybridized carbons (Fsp3) is 0.500. The number of nitrogens with zero attached hydrogens (tertiary/aromatic N) is 1. The van der Waals surface area contributed by atoms with E-state index in [0.29, 0.717) is 0 Å². The van der Waals surface area contributed by atoms with Crippen LogP contribution in [0.2, 0.25) is 0 Å². The van der Waals surface area contributed by atoms with Gasteiger partial charge < -0.3 is 5.32 Å². The highest BCUT2D eigenvalue weighted by Crippen LogP contribution is 2.01. The number of hydrogen-bond acceptors (Lipinski definition) is 5. The van der Waals surface area contributed by atoms with Crippen LogP contribution in [0, 0.1) is 10.1 Å². The lowest BCUT2D eigenvalue weighted by molar-refractivity contribution is -0.403. The molecule has 12 heavy (non-hydrogen) atoms. The fourth-order valence-corrected chi connectivity index (χ4v) is 1.04. The maximum Gasteiger partial charge on any atom is 0.298 e. The summed E-state index contributed by atoms with van der Waals surface area (Å²) in [6.45, 7) is -0.278. The van der Waals surface area contributed by atoms with Gasteiger partial charge in [0.15, 0.2) is 4.91 Å². The van der Waals surface area contributed by atoms with Gasteiger partial charge in [-0.2, -0.15) is 8.42 Å². The molecule has 0 radical (unpaired) electrons. The Hall–Kier alpha value is -0.990. The summed E-state index contributed by atoms with van der Waals surface area (Å²) in [6.07, 6.45) is 0.242. The van der Waals surface area contributed by atoms with Gasteiger partial charge in [-0.3, -0.25) is 14.7 Å². The summed E-state index contributed by atoms with van der Waals surface area (Å²) in [5.41, 5.74) is 0. The van der Waals surface area contributed by atoms with Crippen molar-refractivity contribution in [2.75, 3.05) is 13.6 Å². The third-order valence-electron chi connectivity index (χ3n) is 0.932. The average molecular weight is 196 g/mol. The first-order valence-corrected chi connectivity index (χ1v) is 4.28. The first-order chi connectivity index (χ1) is 5.38. The lowest BCUT2D eigenvalue weighted by atomic mass is 10.6. The molecule has 2 N–H and O–H groups in total. The van der Waals surface area contributed by atoms with Crippen LogP contribution in [-0.4, -0.2) is 31.5 Å². The smallest absolute Gasteiger partial charge is 0.298 e. The van der Waals surface area contributed by atoms with E-state index in [1.807, 2.05) is 0 Å². The molecule has 0 spiro atoms. The lowest BCUT2D eigenvalue weighted by Crippen LogP contribution is -2.17. The summed E-state index contributed by atoms with van der Waals surface area (Å²) in [4.78, 5) is 8.24. The van der Waals surface area contributed by atoms with Gasteiger partial charge in [-0.25, -0.2) is 0 Å². The Morgan fingerprint density at radius 2 is 2.25 bits per heavy atom. The van der Waals surface area contributed by atoms with Crippen molar-refractivity contribution in [2.24, 2.45) is 0 Å². The lowest BCUT2D eigenvalue weighted by Gasteiger charge is -1.97. The minimum atomic E-state index is -4.47. The normalized spacial score (nSPS) is 13.0. The topological polar surface area (TPSA) is 110 Å². The Morgan fingerprint density at radius 3 is 2.50 bits per heavy atom. The molecule has 0 amide bonds. The zero-order valence-corrected chi connectivity index (χ0v) is 7.04. The maximum absolute atomic E-state index is 10.4. The van der Waals surface area contributed by atoms with Crippen LogP contribution >= 0.6 is 0 Å². The molecule has 0 aromatic heterocycles. The van der Waals surface area contributed by atoms with E-state index in [9.17, 15) is 18.5 Å². The molecule has 0 fully saturated rings. The zero-order chi connectivity index (χ0) is 9.78. The number of hydrogen-bond donors (Lipinski definition) is 2. The van der Waals surface area contributed by atoms with E-state index in [1.165, 1.54) is 7.05 Å². The van der Waals surface area contributed by atoms with Crippen molar-refractivity contribution in [3.63, 3.8) is 0 Å². The van der Waals surface area contributed by atoms with Gasteiger partial charge in [0.1, 0.15) is 0 Å². The molecule has 0 saturated carbocycles. The van der Waals surface area contributed by atoms with Gasteiger partial charge in [-0.15, -0.1) is 0 Å². The number of likely N-dealkylation sites (N-methyl/N-ethyl adjacent to an activating group) is 1. The van der Waals surface area contributed by atoms with Crippen LogP contribution in [0.1, 0.15) is 0 Å². The third kappa shape index (κ3) is 4.01. The van der Waals surface area contributed by atoms with Crippen LogP contribution < -0.4 is 5.32 Å². The van der Waals surface area contributed by atoms with Crippen molar-refractivity contribution in [1.29, 1.82) is 0 Å². The average Bonchev–Trinajstić information content (AvgIpc) is 1.83. The number of nitro groups is 1. The minimum Gasteiger partial charge on any atom is -0.315 e. The SMILES string of the molecule is CNCC(=C[N+](=O)[O-])S(=O)(=O)O. The largest absolute Gasteiger partial charge is 0.315 e. The second-order valence-corrected chi connectivity index (χ2v) is 3.36. The molecule has 0 bridgehead atoms. The molecule has 0 aliphatic heterocycles. The first kappa shape index (κ1) is 11.0. The van der Waals surface area contributed by atoms with E-state index in [1.54, 1.807) is 0 Å². The molecule has 0 heterocycles. The monoisotopic (exact) mass is 196 g/mol. The Balaban J connectivity index is 4.80. The van der Waals surface area contributed by atoms with Gasteiger partial charge >= 0.3 is 0 Å². The van der Waals surface area contributed by atoms with E-state index < -0.39 is 19.9 Å². The van der Waals surface area contributed by atoms with Crippen LogP contribution in [0.5, 0.6) is 0 Å². The van der Waals surface area contributed by atoms with Gasteiger partial charge in [0.05, 0.1) is 4.92 Å². The third-order valence-corrected chi connectivity index (χ3v) is 1.84. The Kier molecular flexibility index (Phi) is 3.80. The second kappa shape index (κ2) is 4.14. The molecule has 0 aromatic rings. The molecule has 0 aliphatic carbocycles. The fourth-order valence-electron chi connectivity index (χ4n) is 0.495. The summed E-state index contributed by atoms with van der Waals surface area (Å²) < 4.78 is 29.2. The van der Waals surface area contributed by atoms with Crippen molar-refractivity contribution in [1.82, 2.24) is 5.32 Å². The van der Waals surface area contributed by atoms with Crippen molar-refractivity contribution in [3.05, 3.63) is 21.2 Å². The van der Waals surface area contributed by atoms with Crippen molar-refractivity contribution in [2.45, 2.75) is 0 Å². The number of nitrogens with one attached hydrogen (secondary N) is 1. The van der Waals surface area contributed by atoms with Crippen LogP contribution in [0.3, 0.4) is 0 Å². The van der Waals surface area contributed by atoms with E-state index in [0.717, 1.165) is 0 Å². The van der Waals surface area contributed by atoms with E-state index >= 15 is 0 Å². The molecular weight excluding hydrogens is 188 g/mol. The zero-order valence-electron chi connectivity index (χ0n) is 6.22. The molecule has 0 unspecified atom stereocenters. The summed E-state index contributed by atoms with van der Waals surface area (Å²) >= 11 is 0. The molecule has 0 atom stereocenters. The summed E-state index contributed by atoms with van der Waals surface area (Å²) in [7, 11) is -3.06. The van der Waals surface area contributed by atoms with Crippen LogP contribution in [0.4, 0.5) is 0 Å². The molecule has 0 aliphatic rings. The Morgan fingerprint density at radius 1 is 1.75 bits per heavy atom. The highest BCUT2D eigenvalue weighted by atomic mass is 32.2. The van der Waals surface area contributed by atoms with Crippen molar-refractivity contribution in [3.8, 4) is 0 Å². The summed E-state index contributed by atoms with van der Waals surface area (Å²) in [5, 5.41) is 12.2. The highest BCUT2D eigenvalue weighted by molar-refractivity contribution is 7.89.